The van der Waals surface area contributed by atoms with Crippen LogP contribution in [0.5, 0.6) is 11.6 Å². The number of rotatable bonds is 8. The molecule has 0 bridgehead atoms. The van der Waals surface area contributed by atoms with Crippen LogP contribution in [-0.2, 0) is 24.8 Å². The minimum absolute atomic E-state index is 0.0900. The van der Waals surface area contributed by atoms with E-state index in [0.717, 1.165) is 61.5 Å². The Balaban J connectivity index is 0.961. The average Bonchev–Trinajstić information content (AvgIpc) is 2.33. The van der Waals surface area contributed by atoms with E-state index in [4.69, 9.17) is 17.9 Å². The van der Waals surface area contributed by atoms with Crippen LogP contribution in [0.3, 0.4) is 0 Å². The normalized spacial score (nSPS) is 14.8. The van der Waals surface area contributed by atoms with E-state index >= 15 is 0 Å². The summed E-state index contributed by atoms with van der Waals surface area (Å²) in [5, 5.41) is 0. The fourth-order valence-electron chi connectivity index (χ4n) is 10.7. The Labute approximate surface area is 456 Å². The van der Waals surface area contributed by atoms with E-state index in [0.29, 0.717) is 60.3 Å². The number of pyridine rings is 1. The van der Waals surface area contributed by atoms with E-state index in [-0.39, 0.29) is 29.1 Å². The van der Waals surface area contributed by atoms with E-state index < -0.39 is 20.7 Å². The molecule has 0 N–H and O–H groups in total. The molecule has 360 valence electrons. The molecule has 6 nitrogen and oxygen atoms in total. The third-order valence-electron chi connectivity index (χ3n) is 14.1. The first-order valence-electron chi connectivity index (χ1n) is 29.1. The molecule has 0 amide bonds. The molecule has 4 heterocycles. The first kappa shape index (κ1) is 36.6. The van der Waals surface area contributed by atoms with Gasteiger partial charge in [-0.25, -0.2) is 0 Å². The molecule has 0 saturated heterocycles. The molecule has 74 heavy (non-hydrogen) atoms. The van der Waals surface area contributed by atoms with E-state index in [2.05, 4.69) is 96.8 Å². The van der Waals surface area contributed by atoms with Crippen molar-refractivity contribution in [3.8, 4) is 67.5 Å². The molecule has 2 aliphatic heterocycles. The predicted molar refractivity (Wildman–Crippen MR) is 303 cm³/mol. The number of anilines is 4. The summed E-state index contributed by atoms with van der Waals surface area (Å²) in [5.41, 5.74) is 12.6. The Morgan fingerprint density at radius 3 is 2.04 bits per heavy atom. The van der Waals surface area contributed by atoms with E-state index in [9.17, 15) is 4.11 Å². The van der Waals surface area contributed by atoms with Gasteiger partial charge in [-0.05, 0) is 30.1 Å². The summed E-state index contributed by atoms with van der Waals surface area (Å²) >= 11 is 2.29. The Kier molecular flexibility index (Phi) is 8.94. The van der Waals surface area contributed by atoms with Crippen LogP contribution in [0.2, 0.25) is 0 Å². The second kappa shape index (κ2) is 18.0. The molecule has 11 aromatic rings. The molecule has 2 aromatic heterocycles. The van der Waals surface area contributed by atoms with Crippen LogP contribution in [0.15, 0.2) is 224 Å². The van der Waals surface area contributed by atoms with Crippen molar-refractivity contribution in [3.63, 3.8) is 0 Å². The van der Waals surface area contributed by atoms with Crippen LogP contribution in [-0.4, -0.2) is 21.1 Å². The summed E-state index contributed by atoms with van der Waals surface area (Å²) in [6.07, 6.45) is 0. The molecule has 13 rings (SSSR count). The van der Waals surface area contributed by atoms with Gasteiger partial charge in [-0.1, -0.05) is 48.5 Å². The van der Waals surface area contributed by atoms with E-state index in [1.54, 1.807) is 30.3 Å². The number of imidazole rings is 1. The van der Waals surface area contributed by atoms with Gasteiger partial charge < -0.3 is 0 Å². The third kappa shape index (κ3) is 7.68. The van der Waals surface area contributed by atoms with Gasteiger partial charge in [-0.3, -0.25) is 0 Å². The Bertz CT molecular complexity index is 4490. The number of aromatic nitrogens is 3. The van der Waals surface area contributed by atoms with Gasteiger partial charge in [0.1, 0.15) is 0 Å². The van der Waals surface area contributed by atoms with Gasteiger partial charge in [0.25, 0.3) is 0 Å². The van der Waals surface area contributed by atoms with Crippen molar-refractivity contribution in [1.82, 2.24) is 14.1 Å². The van der Waals surface area contributed by atoms with Crippen molar-refractivity contribution in [2.75, 3.05) is 9.62 Å². The number of hydrogen-bond donors (Lipinski definition) is 0. The average molecular weight is 1150 g/mol. The van der Waals surface area contributed by atoms with Gasteiger partial charge in [0.2, 0.25) is 0 Å². The van der Waals surface area contributed by atoms with Crippen LogP contribution in [0.1, 0.15) is 49.8 Å². The zero-order valence-electron chi connectivity index (χ0n) is 49.7. The summed E-state index contributed by atoms with van der Waals surface area (Å²) in [6.45, 7) is 1.23. The topological polar surface area (TPSA) is 38.5 Å². The van der Waals surface area contributed by atoms with Crippen LogP contribution < -0.4 is 19.8 Å². The Hall–Kier alpha value is -8.25. The summed E-state index contributed by atoms with van der Waals surface area (Å²) in [4.78, 5) is 9.58. The molecule has 0 spiro atoms. The maximum atomic E-state index is 9.92. The molecule has 0 saturated carbocycles. The number of hydrogen-bond acceptors (Lipinski definition) is 4. The molecule has 0 atom stereocenters. The molecule has 0 unspecified atom stereocenters. The molecular weight excluding hydrogens is 1080 g/mol. The fourth-order valence-corrected chi connectivity index (χ4v) is 11.8. The van der Waals surface area contributed by atoms with E-state index in [1.165, 1.54) is 0 Å². The molecule has 9 aromatic carbocycles. The van der Waals surface area contributed by atoms with Crippen molar-refractivity contribution < 1.29 is 36.4 Å². The SMILES string of the molecule is [2H]c1c([2H])c(-c2cccc(C([2H])([2H])[2H])c2)c(-n2[c](=[Pt])n(-c3cccc(Oc4cccc(N5B6c7ccccc7-c7c(cccc7C([2H])([2H])[2H])N6c6ccccc65)n4)c3)c3ccccc32)c(-c2cc(-c3ccccc3)cc(C(C)(C)C)c2)c1[2H]. The Morgan fingerprint density at radius 1 is 0.554 bits per heavy atom. The van der Waals surface area contributed by atoms with Gasteiger partial charge >= 0.3 is 365 Å². The van der Waals surface area contributed by atoms with Gasteiger partial charge in [0.05, 0.1) is 0 Å². The predicted octanol–water partition coefficient (Wildman–Crippen LogP) is 16.3. The molecule has 0 fully saturated rings. The monoisotopic (exact) mass is 1150 g/mol. The number of benzene rings is 9. The maximum absolute atomic E-state index is 9.92. The van der Waals surface area contributed by atoms with Crippen LogP contribution in [0.25, 0.3) is 66.9 Å². The number of aryl methyl sites for hydroxylation is 2. The van der Waals surface area contributed by atoms with E-state index in [1.807, 2.05) is 138 Å². The summed E-state index contributed by atoms with van der Waals surface area (Å²) in [6, 6.07) is 65.2. The summed E-state index contributed by atoms with van der Waals surface area (Å²) < 4.78 is 91.6. The summed E-state index contributed by atoms with van der Waals surface area (Å²) in [5.74, 6) is 1.47. The van der Waals surface area contributed by atoms with Crippen molar-refractivity contribution in [1.29, 1.82) is 0 Å². The minimum atomic E-state index is -2.46. The van der Waals surface area contributed by atoms with Gasteiger partial charge in [-0.15, -0.1) is 0 Å². The molecule has 8 heteroatoms. The molecular formula is C66H52BN5OPt. The number of ether oxygens (including phenoxy) is 1. The van der Waals surface area contributed by atoms with Crippen molar-refractivity contribution in [2.45, 2.75) is 39.9 Å². The van der Waals surface area contributed by atoms with Crippen molar-refractivity contribution in [3.05, 3.63) is 245 Å². The first-order chi connectivity index (χ1) is 39.8. The van der Waals surface area contributed by atoms with Gasteiger partial charge in [-0.2, -0.15) is 0 Å². The molecule has 0 radical (unpaired) electrons. The number of nitrogens with zero attached hydrogens (tertiary/aromatic N) is 5. The van der Waals surface area contributed by atoms with Crippen LogP contribution >= 0.6 is 0 Å². The third-order valence-corrected chi connectivity index (χ3v) is 15.1. The van der Waals surface area contributed by atoms with Gasteiger partial charge in [0, 0.05) is 15.4 Å². The zero-order chi connectivity index (χ0) is 57.9. The zero-order valence-corrected chi connectivity index (χ0v) is 42.9. The van der Waals surface area contributed by atoms with Crippen LogP contribution in [0.4, 0.5) is 22.9 Å². The van der Waals surface area contributed by atoms with Crippen LogP contribution in [0, 0.1) is 17.5 Å². The number of para-hydroxylation sites is 5. The van der Waals surface area contributed by atoms with Crippen molar-refractivity contribution in [2.24, 2.45) is 0 Å². The van der Waals surface area contributed by atoms with Crippen molar-refractivity contribution >= 4 is 46.4 Å². The Morgan fingerprint density at radius 2 is 1.23 bits per heavy atom. The second-order valence-corrected chi connectivity index (χ2v) is 20.7. The summed E-state index contributed by atoms with van der Waals surface area (Å²) in [7, 11) is 0. The molecule has 2 aliphatic rings. The standard InChI is InChI=1S/C66H52BN5O.Pt/c1-44-20-15-24-47(38-44)53-28-18-29-54(49-39-48(46-22-7-6-8-23-46)40-50(41-49)66(3,4)5)65(53)70-43-69(57-31-11-12-32-58(57)70)51-25-17-26-52(42-51)73-63-37-19-36-62(68-63)72-60-34-14-13-33-59(60)71-61-35-16-21-45(2)64(61)55-27-9-10-30-56(55)67(71)72;/h6-42H,1-5H3;/i1D3,2D3,18D,28D,29D;. The quantitative estimate of drug-likeness (QED) is 0.142. The van der Waals surface area contributed by atoms with Gasteiger partial charge in [0.15, 0.2) is 0 Å². The first-order valence-corrected chi connectivity index (χ1v) is 25.7. The fraction of sp³-hybridized carbons (Fsp3) is 0.0909. The second-order valence-electron chi connectivity index (χ2n) is 19.7. The number of fused-ring (bicyclic) bond motifs is 9. The molecule has 0 aliphatic carbocycles.